The van der Waals surface area contributed by atoms with E-state index in [0.29, 0.717) is 36.5 Å². The molecule has 0 radical (unpaired) electrons. The lowest BCUT2D eigenvalue weighted by Gasteiger charge is -2.37. The Labute approximate surface area is 145 Å². The Morgan fingerprint density at radius 3 is 2.96 bits per heavy atom. The summed E-state index contributed by atoms with van der Waals surface area (Å²) in [6.07, 6.45) is 1.17. The Kier molecular flexibility index (Phi) is 4.28. The number of nitrogens with one attached hydrogen (secondary N) is 1. The predicted molar refractivity (Wildman–Crippen MR) is 89.9 cm³/mol. The molecular weight excluding hydrogens is 326 g/mol. The van der Waals surface area contributed by atoms with Crippen molar-refractivity contribution < 1.29 is 23.9 Å². The first-order valence-electron chi connectivity index (χ1n) is 8.24. The summed E-state index contributed by atoms with van der Waals surface area (Å²) in [7, 11) is 0. The van der Waals surface area contributed by atoms with Gasteiger partial charge in [0, 0.05) is 18.3 Å². The summed E-state index contributed by atoms with van der Waals surface area (Å²) < 4.78 is 10.8. The number of hydrogen-bond donors (Lipinski definition) is 2. The van der Waals surface area contributed by atoms with Crippen LogP contribution in [0.25, 0.3) is 0 Å². The maximum Gasteiger partial charge on any atom is 0.328 e. The molecule has 0 aromatic heterocycles. The van der Waals surface area contributed by atoms with Gasteiger partial charge in [0.15, 0.2) is 0 Å². The van der Waals surface area contributed by atoms with Crippen LogP contribution in [0, 0.1) is 0 Å². The van der Waals surface area contributed by atoms with E-state index in [9.17, 15) is 14.4 Å². The van der Waals surface area contributed by atoms with Crippen LogP contribution in [0.1, 0.15) is 26.7 Å². The summed E-state index contributed by atoms with van der Waals surface area (Å²) >= 11 is 0. The van der Waals surface area contributed by atoms with E-state index in [2.05, 4.69) is 5.32 Å². The number of carbonyl (C=O) groups excluding carboxylic acids is 3. The smallest absolute Gasteiger partial charge is 0.328 e. The fraction of sp³-hybridized carbons (Fsp3) is 0.471. The topological polar surface area (TPSA) is 111 Å². The van der Waals surface area contributed by atoms with Crippen LogP contribution in [0.2, 0.25) is 0 Å². The zero-order valence-corrected chi connectivity index (χ0v) is 14.2. The Bertz CT molecular complexity index is 735. The van der Waals surface area contributed by atoms with Gasteiger partial charge in [-0.25, -0.2) is 4.79 Å². The third kappa shape index (κ3) is 2.88. The van der Waals surface area contributed by atoms with Crippen molar-refractivity contribution in [1.29, 1.82) is 0 Å². The van der Waals surface area contributed by atoms with Gasteiger partial charge in [-0.3, -0.25) is 9.59 Å². The normalized spacial score (nSPS) is 25.0. The molecule has 1 saturated heterocycles. The Morgan fingerprint density at radius 1 is 1.48 bits per heavy atom. The van der Waals surface area contributed by atoms with Gasteiger partial charge in [-0.2, -0.15) is 0 Å². The second-order valence-corrected chi connectivity index (χ2v) is 6.25. The highest BCUT2D eigenvalue weighted by molar-refractivity contribution is 6.16. The first-order chi connectivity index (χ1) is 11.9. The summed E-state index contributed by atoms with van der Waals surface area (Å²) in [5.41, 5.74) is 4.89. The predicted octanol–water partition coefficient (Wildman–Crippen LogP) is 0.912. The molecule has 0 unspecified atom stereocenters. The first-order valence-corrected chi connectivity index (χ1v) is 8.24. The minimum absolute atomic E-state index is 0.234. The van der Waals surface area contributed by atoms with Crippen molar-refractivity contribution in [2.75, 3.05) is 24.2 Å². The number of carbonyl (C=O) groups is 3. The second-order valence-electron chi connectivity index (χ2n) is 6.25. The van der Waals surface area contributed by atoms with E-state index in [1.807, 2.05) is 0 Å². The number of esters is 1. The van der Waals surface area contributed by atoms with Crippen molar-refractivity contribution in [3.8, 4) is 5.75 Å². The minimum atomic E-state index is -1.77. The van der Waals surface area contributed by atoms with Gasteiger partial charge in [0.25, 0.3) is 17.4 Å². The second kappa shape index (κ2) is 6.27. The molecule has 2 aliphatic rings. The highest BCUT2D eigenvalue weighted by Crippen LogP contribution is 2.37. The number of rotatable bonds is 3. The van der Waals surface area contributed by atoms with Gasteiger partial charge in [-0.1, -0.05) is 0 Å². The van der Waals surface area contributed by atoms with E-state index in [0.717, 1.165) is 0 Å². The molecule has 2 aliphatic heterocycles. The number of nitrogens with zero attached hydrogens (tertiary/aromatic N) is 1. The molecule has 134 valence electrons. The molecule has 3 rings (SSSR count). The third-order valence-electron chi connectivity index (χ3n) is 4.48. The SMILES string of the molecule is CCOC(=O)[C@@H]1CCCN1C(=O)[C@@]1(C)Oc2cc(N)ccc2NC1=O. The van der Waals surface area contributed by atoms with Crippen molar-refractivity contribution in [3.63, 3.8) is 0 Å². The van der Waals surface area contributed by atoms with Crippen LogP contribution in [0.3, 0.4) is 0 Å². The molecule has 1 fully saturated rings. The van der Waals surface area contributed by atoms with Gasteiger partial charge in [-0.15, -0.1) is 0 Å². The fourth-order valence-electron chi connectivity index (χ4n) is 3.14. The van der Waals surface area contributed by atoms with Crippen LogP contribution in [-0.2, 0) is 19.1 Å². The monoisotopic (exact) mass is 347 g/mol. The van der Waals surface area contributed by atoms with Crippen molar-refractivity contribution in [2.45, 2.75) is 38.3 Å². The number of likely N-dealkylation sites (tertiary alicyclic amines) is 1. The number of fused-ring (bicyclic) bond motifs is 1. The van der Waals surface area contributed by atoms with Crippen LogP contribution >= 0.6 is 0 Å². The fourth-order valence-corrected chi connectivity index (χ4v) is 3.14. The van der Waals surface area contributed by atoms with Gasteiger partial charge >= 0.3 is 5.97 Å². The molecule has 8 nitrogen and oxygen atoms in total. The van der Waals surface area contributed by atoms with Crippen LogP contribution in [-0.4, -0.2) is 47.5 Å². The molecule has 1 aromatic rings. The summed E-state index contributed by atoms with van der Waals surface area (Å²) in [6.45, 7) is 3.72. The molecule has 25 heavy (non-hydrogen) atoms. The molecule has 0 saturated carbocycles. The summed E-state index contributed by atoms with van der Waals surface area (Å²) in [4.78, 5) is 39.0. The van der Waals surface area contributed by atoms with E-state index in [1.165, 1.54) is 11.8 Å². The van der Waals surface area contributed by atoms with E-state index in [1.54, 1.807) is 25.1 Å². The Morgan fingerprint density at radius 2 is 2.24 bits per heavy atom. The lowest BCUT2D eigenvalue weighted by Crippen LogP contribution is -2.61. The van der Waals surface area contributed by atoms with Gasteiger partial charge in [0.05, 0.1) is 12.3 Å². The number of amides is 2. The molecule has 8 heteroatoms. The van der Waals surface area contributed by atoms with E-state index in [4.69, 9.17) is 15.2 Å². The average molecular weight is 347 g/mol. The highest BCUT2D eigenvalue weighted by Gasteiger charge is 2.52. The van der Waals surface area contributed by atoms with Gasteiger partial charge in [-0.05, 0) is 38.8 Å². The Hall–Kier alpha value is -2.77. The van der Waals surface area contributed by atoms with E-state index >= 15 is 0 Å². The first kappa shape index (κ1) is 17.1. The number of ether oxygens (including phenoxy) is 2. The summed E-state index contributed by atoms with van der Waals surface area (Å²) in [6, 6.07) is 4.10. The molecule has 0 spiro atoms. The van der Waals surface area contributed by atoms with Crippen molar-refractivity contribution in [3.05, 3.63) is 18.2 Å². The maximum atomic E-state index is 13.0. The number of hydrogen-bond acceptors (Lipinski definition) is 6. The lowest BCUT2D eigenvalue weighted by molar-refractivity contribution is -0.162. The number of nitrogen functional groups attached to an aromatic ring is 1. The van der Waals surface area contributed by atoms with E-state index < -0.39 is 29.4 Å². The minimum Gasteiger partial charge on any atom is -0.465 e. The lowest BCUT2D eigenvalue weighted by atomic mass is 10.00. The molecule has 2 amide bonds. The molecule has 3 N–H and O–H groups in total. The summed E-state index contributed by atoms with van der Waals surface area (Å²) in [5.74, 6) is -1.28. The molecule has 2 heterocycles. The highest BCUT2D eigenvalue weighted by atomic mass is 16.5. The zero-order valence-electron chi connectivity index (χ0n) is 14.2. The molecule has 1 aromatic carbocycles. The van der Waals surface area contributed by atoms with Crippen LogP contribution < -0.4 is 15.8 Å². The van der Waals surface area contributed by atoms with Gasteiger partial charge in [0.1, 0.15) is 11.8 Å². The van der Waals surface area contributed by atoms with Crippen molar-refractivity contribution in [1.82, 2.24) is 4.90 Å². The third-order valence-corrected chi connectivity index (χ3v) is 4.48. The average Bonchev–Trinajstić information content (AvgIpc) is 3.05. The standard InChI is InChI=1S/C17H21N3O5/c1-3-24-14(21)12-5-4-8-20(12)16(23)17(2)15(22)19-11-7-6-10(18)9-13(11)25-17/h6-7,9,12H,3-5,8,18H2,1-2H3,(H,19,22)/t12-,17-/m0/s1. The largest absolute Gasteiger partial charge is 0.465 e. The van der Waals surface area contributed by atoms with Crippen LogP contribution in [0.15, 0.2) is 18.2 Å². The number of nitrogens with two attached hydrogens (primary N) is 1. The quantitative estimate of drug-likeness (QED) is 0.478. The van der Waals surface area contributed by atoms with Crippen molar-refractivity contribution >= 4 is 29.2 Å². The van der Waals surface area contributed by atoms with Gasteiger partial charge in [0.2, 0.25) is 0 Å². The zero-order chi connectivity index (χ0) is 18.2. The van der Waals surface area contributed by atoms with Crippen LogP contribution in [0.4, 0.5) is 11.4 Å². The number of benzene rings is 1. The Balaban J connectivity index is 1.88. The van der Waals surface area contributed by atoms with Gasteiger partial charge < -0.3 is 25.4 Å². The number of anilines is 2. The molecule has 0 aliphatic carbocycles. The van der Waals surface area contributed by atoms with Crippen molar-refractivity contribution in [2.24, 2.45) is 0 Å². The van der Waals surface area contributed by atoms with E-state index in [-0.39, 0.29) is 6.61 Å². The molecule has 0 bridgehead atoms. The summed E-state index contributed by atoms with van der Waals surface area (Å²) in [5, 5.41) is 2.67. The van der Waals surface area contributed by atoms with Crippen LogP contribution in [0.5, 0.6) is 5.75 Å². The molecule has 2 atom stereocenters. The molecular formula is C17H21N3O5. The maximum absolute atomic E-state index is 13.0.